The van der Waals surface area contributed by atoms with Crippen LogP contribution in [-0.2, 0) is 5.41 Å². The second kappa shape index (κ2) is 6.16. The third kappa shape index (κ3) is 4.21. The third-order valence-electron chi connectivity index (χ3n) is 3.50. The smallest absolute Gasteiger partial charge is 0.140 e. The van der Waals surface area contributed by atoms with Crippen molar-refractivity contribution in [2.45, 2.75) is 39.2 Å². The summed E-state index contributed by atoms with van der Waals surface area (Å²) in [5, 5.41) is 10.1. The molecule has 2 aromatic carbocycles. The van der Waals surface area contributed by atoms with E-state index in [0.29, 0.717) is 0 Å². The zero-order valence-corrected chi connectivity index (χ0v) is 13.1. The molecule has 1 N–H and O–H groups in total. The Hall–Kier alpha value is -2.04. The number of aliphatic hydroxyl groups excluding tert-OH is 1. The van der Waals surface area contributed by atoms with Crippen molar-refractivity contribution in [2.75, 3.05) is 0 Å². The van der Waals surface area contributed by atoms with Gasteiger partial charge in [-0.05, 0) is 35.6 Å². The Morgan fingerprint density at radius 1 is 0.905 bits per heavy atom. The molecule has 2 rings (SSSR count). The summed E-state index contributed by atoms with van der Waals surface area (Å²) in [5.74, 6) is 5.93. The summed E-state index contributed by atoms with van der Waals surface area (Å²) in [4.78, 5) is 0. The van der Waals surface area contributed by atoms with Crippen molar-refractivity contribution < 1.29 is 5.11 Å². The third-order valence-corrected chi connectivity index (χ3v) is 3.50. The Bertz CT molecular complexity index is 646. The summed E-state index contributed by atoms with van der Waals surface area (Å²) in [6, 6.07) is 16.0. The standard InChI is InChI=1S/C20H22O/c1-15-5-10-17(11-6-15)19(21)14-9-16-7-12-18(13-8-16)20(2,3)4/h5-8,10-13,19,21H,1-4H3. The molecule has 0 aliphatic carbocycles. The van der Waals surface area contributed by atoms with E-state index in [9.17, 15) is 5.11 Å². The van der Waals surface area contributed by atoms with Crippen LogP contribution in [0.15, 0.2) is 48.5 Å². The highest BCUT2D eigenvalue weighted by Gasteiger charge is 2.12. The van der Waals surface area contributed by atoms with Crippen molar-refractivity contribution in [3.63, 3.8) is 0 Å². The molecule has 0 amide bonds. The number of rotatable bonds is 1. The molecule has 0 radical (unpaired) electrons. The van der Waals surface area contributed by atoms with Crippen molar-refractivity contribution in [1.29, 1.82) is 0 Å². The molecular weight excluding hydrogens is 256 g/mol. The largest absolute Gasteiger partial charge is 0.376 e. The summed E-state index contributed by atoms with van der Waals surface area (Å²) < 4.78 is 0. The van der Waals surface area contributed by atoms with E-state index in [1.807, 2.05) is 43.3 Å². The van der Waals surface area contributed by atoms with Crippen LogP contribution >= 0.6 is 0 Å². The van der Waals surface area contributed by atoms with Gasteiger partial charge in [-0.2, -0.15) is 0 Å². The number of hydrogen-bond acceptors (Lipinski definition) is 1. The van der Waals surface area contributed by atoms with Gasteiger partial charge in [0.05, 0.1) is 0 Å². The summed E-state index contributed by atoms with van der Waals surface area (Å²) in [7, 11) is 0. The average Bonchev–Trinajstić information content (AvgIpc) is 2.45. The van der Waals surface area contributed by atoms with Gasteiger partial charge in [0.2, 0.25) is 0 Å². The van der Waals surface area contributed by atoms with Crippen molar-refractivity contribution in [3.8, 4) is 11.8 Å². The van der Waals surface area contributed by atoms with Gasteiger partial charge < -0.3 is 5.11 Å². The Morgan fingerprint density at radius 3 is 2.00 bits per heavy atom. The van der Waals surface area contributed by atoms with E-state index < -0.39 is 6.10 Å². The minimum Gasteiger partial charge on any atom is -0.376 e. The SMILES string of the molecule is Cc1ccc(C(O)C#Cc2ccc(C(C)(C)C)cc2)cc1. The van der Waals surface area contributed by atoms with E-state index in [2.05, 4.69) is 44.7 Å². The Balaban J connectivity index is 2.13. The van der Waals surface area contributed by atoms with E-state index in [-0.39, 0.29) is 5.41 Å². The van der Waals surface area contributed by atoms with Crippen LogP contribution in [0.3, 0.4) is 0 Å². The molecule has 0 aromatic heterocycles. The molecule has 1 heteroatoms. The number of benzene rings is 2. The first kappa shape index (κ1) is 15.4. The van der Waals surface area contributed by atoms with Gasteiger partial charge in [0.25, 0.3) is 0 Å². The van der Waals surface area contributed by atoms with Crippen molar-refractivity contribution >= 4 is 0 Å². The molecule has 0 fully saturated rings. The lowest BCUT2D eigenvalue weighted by atomic mass is 9.87. The summed E-state index contributed by atoms with van der Waals surface area (Å²) in [6.45, 7) is 8.59. The first-order valence-corrected chi connectivity index (χ1v) is 7.23. The zero-order valence-electron chi connectivity index (χ0n) is 13.1. The highest BCUT2D eigenvalue weighted by Crippen LogP contribution is 2.22. The van der Waals surface area contributed by atoms with Crippen LogP contribution in [0.2, 0.25) is 0 Å². The fourth-order valence-electron chi connectivity index (χ4n) is 2.04. The molecular formula is C20H22O. The predicted molar refractivity (Wildman–Crippen MR) is 88.2 cm³/mol. The van der Waals surface area contributed by atoms with Gasteiger partial charge in [0, 0.05) is 5.56 Å². The summed E-state index contributed by atoms with van der Waals surface area (Å²) in [6.07, 6.45) is -0.743. The molecule has 0 aliphatic rings. The molecule has 1 unspecified atom stereocenters. The van der Waals surface area contributed by atoms with Gasteiger partial charge in [-0.3, -0.25) is 0 Å². The highest BCUT2D eigenvalue weighted by atomic mass is 16.3. The van der Waals surface area contributed by atoms with Gasteiger partial charge in [-0.15, -0.1) is 0 Å². The fraction of sp³-hybridized carbons (Fsp3) is 0.300. The topological polar surface area (TPSA) is 20.2 Å². The molecule has 0 saturated heterocycles. The highest BCUT2D eigenvalue weighted by molar-refractivity contribution is 5.40. The molecule has 1 atom stereocenters. The maximum atomic E-state index is 10.1. The predicted octanol–water partition coefficient (Wildman–Crippen LogP) is 4.38. The molecule has 0 spiro atoms. The lowest BCUT2D eigenvalue weighted by Crippen LogP contribution is -2.10. The quantitative estimate of drug-likeness (QED) is 0.768. The first-order valence-electron chi connectivity index (χ1n) is 7.23. The second-order valence-corrected chi connectivity index (χ2v) is 6.41. The van der Waals surface area contributed by atoms with E-state index in [1.54, 1.807) is 0 Å². The summed E-state index contributed by atoms with van der Waals surface area (Å²) in [5.41, 5.74) is 4.37. The minimum absolute atomic E-state index is 0.146. The second-order valence-electron chi connectivity index (χ2n) is 6.41. The van der Waals surface area contributed by atoms with E-state index in [0.717, 1.165) is 11.1 Å². The van der Waals surface area contributed by atoms with Crippen LogP contribution in [0, 0.1) is 18.8 Å². The molecule has 0 bridgehead atoms. The van der Waals surface area contributed by atoms with Crippen molar-refractivity contribution in [3.05, 3.63) is 70.8 Å². The number of aliphatic hydroxyl groups is 1. The molecule has 2 aromatic rings. The Labute approximate surface area is 127 Å². The molecule has 108 valence electrons. The van der Waals surface area contributed by atoms with E-state index >= 15 is 0 Å². The van der Waals surface area contributed by atoms with Gasteiger partial charge in [0.1, 0.15) is 6.10 Å². The first-order chi connectivity index (χ1) is 9.86. The maximum absolute atomic E-state index is 10.1. The van der Waals surface area contributed by atoms with Crippen molar-refractivity contribution in [2.24, 2.45) is 0 Å². The normalized spacial score (nSPS) is 12.4. The van der Waals surface area contributed by atoms with Crippen LogP contribution in [0.25, 0.3) is 0 Å². The Kier molecular flexibility index (Phi) is 4.50. The maximum Gasteiger partial charge on any atom is 0.140 e. The van der Waals surface area contributed by atoms with Crippen LogP contribution in [0.1, 0.15) is 49.1 Å². The van der Waals surface area contributed by atoms with Gasteiger partial charge in [0.15, 0.2) is 0 Å². The Morgan fingerprint density at radius 2 is 1.48 bits per heavy atom. The molecule has 0 aliphatic heterocycles. The van der Waals surface area contributed by atoms with E-state index in [4.69, 9.17) is 0 Å². The molecule has 21 heavy (non-hydrogen) atoms. The zero-order chi connectivity index (χ0) is 15.5. The van der Waals surface area contributed by atoms with Gasteiger partial charge in [-0.1, -0.05) is 74.6 Å². The molecule has 1 nitrogen and oxygen atoms in total. The van der Waals surface area contributed by atoms with Crippen LogP contribution in [0.4, 0.5) is 0 Å². The lowest BCUT2D eigenvalue weighted by molar-refractivity contribution is 0.238. The van der Waals surface area contributed by atoms with Crippen LogP contribution in [-0.4, -0.2) is 5.11 Å². The van der Waals surface area contributed by atoms with Gasteiger partial charge >= 0.3 is 0 Å². The fourth-order valence-corrected chi connectivity index (χ4v) is 2.04. The lowest BCUT2D eigenvalue weighted by Gasteiger charge is -2.18. The minimum atomic E-state index is -0.743. The monoisotopic (exact) mass is 278 g/mol. The van der Waals surface area contributed by atoms with Crippen LogP contribution in [0.5, 0.6) is 0 Å². The summed E-state index contributed by atoms with van der Waals surface area (Å²) >= 11 is 0. The molecule has 0 heterocycles. The number of hydrogen-bond donors (Lipinski definition) is 1. The van der Waals surface area contributed by atoms with Crippen molar-refractivity contribution in [1.82, 2.24) is 0 Å². The van der Waals surface area contributed by atoms with Crippen LogP contribution < -0.4 is 0 Å². The number of aryl methyl sites for hydroxylation is 1. The average molecular weight is 278 g/mol. The van der Waals surface area contributed by atoms with Gasteiger partial charge in [-0.25, -0.2) is 0 Å². The molecule has 0 saturated carbocycles. The van der Waals surface area contributed by atoms with E-state index in [1.165, 1.54) is 11.1 Å².